The second-order valence-corrected chi connectivity index (χ2v) is 19.8. The first kappa shape index (κ1) is 62.8. The molecule has 0 saturated carbocycles. The van der Waals surface area contributed by atoms with Crippen LogP contribution in [-0.2, 0) is 33.2 Å². The summed E-state index contributed by atoms with van der Waals surface area (Å²) in [5, 5.41) is 72.2. The highest BCUT2D eigenvalue weighted by atomic mass is 16.7. The molecule has 11 unspecified atom stereocenters. The average Bonchev–Trinajstić information content (AvgIpc) is 3.33. The number of rotatable bonds is 45. The van der Waals surface area contributed by atoms with Crippen molar-refractivity contribution < 1.29 is 69.0 Å². The van der Waals surface area contributed by atoms with Crippen molar-refractivity contribution in [2.24, 2.45) is 0 Å². The van der Waals surface area contributed by atoms with Gasteiger partial charge in [0.15, 0.2) is 12.6 Å². The number of hydrogen-bond acceptors (Lipinski definition) is 14. The van der Waals surface area contributed by atoms with Gasteiger partial charge >= 0.3 is 5.97 Å². The molecule has 0 aromatic heterocycles. The van der Waals surface area contributed by atoms with Gasteiger partial charge in [-0.05, 0) is 38.5 Å². The van der Waals surface area contributed by atoms with E-state index in [1.165, 1.54) is 154 Å². The predicted octanol–water partition coefficient (Wildman–Crippen LogP) is 9.02. The number of carbonyl (C=O) groups excluding carboxylic acids is 1. The van der Waals surface area contributed by atoms with Gasteiger partial charge in [-0.1, -0.05) is 193 Å². The van der Waals surface area contributed by atoms with E-state index in [9.17, 15) is 40.5 Å². The zero-order chi connectivity index (χ0) is 49.5. The minimum absolute atomic E-state index is 0.0631. The Bertz CT molecular complexity index is 1180. The second kappa shape index (κ2) is 42.3. The van der Waals surface area contributed by atoms with E-state index in [1.807, 2.05) is 0 Å². The van der Waals surface area contributed by atoms with E-state index in [2.05, 4.69) is 26.0 Å². The van der Waals surface area contributed by atoms with E-state index in [-0.39, 0.29) is 25.6 Å². The van der Waals surface area contributed by atoms with Crippen LogP contribution in [0.4, 0.5) is 0 Å². The third-order valence-electron chi connectivity index (χ3n) is 13.5. The summed E-state index contributed by atoms with van der Waals surface area (Å²) >= 11 is 0. The lowest BCUT2D eigenvalue weighted by Gasteiger charge is -2.42. The predicted molar refractivity (Wildman–Crippen MR) is 266 cm³/mol. The molecule has 402 valence electrons. The SMILES string of the molecule is CCCCCCCCC/C=C\CCCCCCCCOCC(COC1OC(COC2OC(CO)C(O)C(O)C2O)C(O)C(O)C1O)OC(=O)CCCCCCCCCCCCCCCCCCC. The highest BCUT2D eigenvalue weighted by Crippen LogP contribution is 2.27. The molecular weight excluding hydrogens is 873 g/mol. The number of hydrogen-bond donors (Lipinski definition) is 7. The molecule has 11 atom stereocenters. The van der Waals surface area contributed by atoms with Gasteiger partial charge < -0.3 is 64.2 Å². The van der Waals surface area contributed by atoms with E-state index in [0.29, 0.717) is 13.0 Å². The Kier molecular flexibility index (Phi) is 39.1. The fourth-order valence-electron chi connectivity index (χ4n) is 8.99. The fraction of sp³-hybridized carbons (Fsp3) is 0.944. The van der Waals surface area contributed by atoms with Gasteiger partial charge in [0.25, 0.3) is 0 Å². The normalized spacial score (nSPS) is 25.9. The van der Waals surface area contributed by atoms with Crippen molar-refractivity contribution in [3.63, 3.8) is 0 Å². The smallest absolute Gasteiger partial charge is 0.306 e. The third kappa shape index (κ3) is 29.3. The number of aliphatic hydroxyl groups is 7. The van der Waals surface area contributed by atoms with Gasteiger partial charge in [0.2, 0.25) is 0 Å². The monoisotopic (exact) mass is 975 g/mol. The number of allylic oxidation sites excluding steroid dienone is 2. The van der Waals surface area contributed by atoms with Crippen LogP contribution in [0, 0.1) is 0 Å². The van der Waals surface area contributed by atoms with Crippen LogP contribution >= 0.6 is 0 Å². The molecule has 68 heavy (non-hydrogen) atoms. The first-order chi connectivity index (χ1) is 33.1. The van der Waals surface area contributed by atoms with Gasteiger partial charge in [-0.25, -0.2) is 0 Å². The van der Waals surface area contributed by atoms with E-state index >= 15 is 0 Å². The molecule has 0 aromatic rings. The first-order valence-corrected chi connectivity index (χ1v) is 27.8. The van der Waals surface area contributed by atoms with Gasteiger partial charge in [-0.2, -0.15) is 0 Å². The zero-order valence-electron chi connectivity index (χ0n) is 42.9. The van der Waals surface area contributed by atoms with Crippen LogP contribution in [0.2, 0.25) is 0 Å². The lowest BCUT2D eigenvalue weighted by molar-refractivity contribution is -0.332. The number of esters is 1. The van der Waals surface area contributed by atoms with Crippen molar-refractivity contribution in [2.45, 2.75) is 293 Å². The molecule has 14 heteroatoms. The molecule has 0 spiro atoms. The summed E-state index contributed by atoms with van der Waals surface area (Å²) in [6.45, 7) is 3.72. The maximum absolute atomic E-state index is 13.0. The van der Waals surface area contributed by atoms with Gasteiger partial charge in [0, 0.05) is 13.0 Å². The van der Waals surface area contributed by atoms with E-state index in [0.717, 1.165) is 44.9 Å². The van der Waals surface area contributed by atoms with Crippen LogP contribution in [0.25, 0.3) is 0 Å². The van der Waals surface area contributed by atoms with Gasteiger partial charge in [0.1, 0.15) is 54.9 Å². The Morgan fingerprint density at radius 1 is 0.471 bits per heavy atom. The van der Waals surface area contributed by atoms with Crippen molar-refractivity contribution in [1.82, 2.24) is 0 Å². The lowest BCUT2D eigenvalue weighted by atomic mass is 9.98. The number of aliphatic hydroxyl groups excluding tert-OH is 7. The number of unbranched alkanes of at least 4 members (excludes halogenated alkanes) is 29. The van der Waals surface area contributed by atoms with Crippen LogP contribution in [-0.4, -0.2) is 142 Å². The van der Waals surface area contributed by atoms with E-state index in [1.54, 1.807) is 0 Å². The van der Waals surface area contributed by atoms with Gasteiger partial charge in [0.05, 0.1) is 26.4 Å². The molecule has 2 fully saturated rings. The average molecular weight is 975 g/mol. The zero-order valence-corrected chi connectivity index (χ0v) is 42.9. The van der Waals surface area contributed by atoms with Gasteiger partial charge in [-0.15, -0.1) is 0 Å². The largest absolute Gasteiger partial charge is 0.457 e. The molecule has 2 heterocycles. The molecule has 2 aliphatic heterocycles. The van der Waals surface area contributed by atoms with Crippen molar-refractivity contribution in [3.05, 3.63) is 12.2 Å². The molecule has 0 aliphatic carbocycles. The van der Waals surface area contributed by atoms with Crippen molar-refractivity contribution in [2.75, 3.05) is 33.0 Å². The molecule has 0 bridgehead atoms. The summed E-state index contributed by atoms with van der Waals surface area (Å²) in [7, 11) is 0. The van der Waals surface area contributed by atoms with Crippen LogP contribution in [0.5, 0.6) is 0 Å². The highest BCUT2D eigenvalue weighted by molar-refractivity contribution is 5.69. The number of ether oxygens (including phenoxy) is 6. The summed E-state index contributed by atoms with van der Waals surface area (Å²) in [5.74, 6) is -0.373. The quantitative estimate of drug-likeness (QED) is 0.0172. The second-order valence-electron chi connectivity index (χ2n) is 19.8. The first-order valence-electron chi connectivity index (χ1n) is 27.8. The van der Waals surface area contributed by atoms with Crippen LogP contribution in [0.1, 0.15) is 226 Å². The molecular formula is C54H102O14. The molecule has 2 saturated heterocycles. The lowest BCUT2D eigenvalue weighted by Crippen LogP contribution is -2.61. The minimum Gasteiger partial charge on any atom is -0.457 e. The Labute approximate surface area is 412 Å². The summed E-state index contributed by atoms with van der Waals surface area (Å²) in [4.78, 5) is 13.0. The third-order valence-corrected chi connectivity index (χ3v) is 13.5. The molecule has 0 aromatic carbocycles. The summed E-state index contributed by atoms with van der Waals surface area (Å²) in [6, 6.07) is 0. The van der Waals surface area contributed by atoms with Crippen molar-refractivity contribution in [3.8, 4) is 0 Å². The Morgan fingerprint density at radius 2 is 0.868 bits per heavy atom. The van der Waals surface area contributed by atoms with Crippen LogP contribution < -0.4 is 0 Å². The molecule has 0 amide bonds. The summed E-state index contributed by atoms with van der Waals surface area (Å²) in [5.41, 5.74) is 0. The van der Waals surface area contributed by atoms with Gasteiger partial charge in [-0.3, -0.25) is 4.79 Å². The highest BCUT2D eigenvalue weighted by Gasteiger charge is 2.47. The topological polar surface area (TPSA) is 214 Å². The summed E-state index contributed by atoms with van der Waals surface area (Å²) < 4.78 is 34.3. The minimum atomic E-state index is -1.70. The standard InChI is InChI=1S/C54H102O14/c1-3-5-7-9-11-13-15-17-19-21-23-25-27-29-31-33-35-37-46(56)66-43(40-63-38-36-34-32-30-28-26-24-22-20-18-16-14-12-10-8-6-4-2)41-64-53-52(62)50(60)48(58)45(68-53)42-65-54-51(61)49(59)47(57)44(39-55)67-54/h20,22,43-45,47-55,57-62H,3-19,21,23-42H2,1-2H3/b22-20-. The molecule has 2 aliphatic rings. The molecule has 14 nitrogen and oxygen atoms in total. The molecule has 2 rings (SSSR count). The maximum Gasteiger partial charge on any atom is 0.306 e. The number of carbonyl (C=O) groups is 1. The van der Waals surface area contributed by atoms with Crippen LogP contribution in [0.3, 0.4) is 0 Å². The summed E-state index contributed by atoms with van der Waals surface area (Å²) in [6.07, 6.45) is 28.4. The van der Waals surface area contributed by atoms with Crippen LogP contribution in [0.15, 0.2) is 12.2 Å². The van der Waals surface area contributed by atoms with E-state index < -0.39 is 80.7 Å². The Hall–Kier alpha value is -1.27. The van der Waals surface area contributed by atoms with Crippen molar-refractivity contribution in [1.29, 1.82) is 0 Å². The van der Waals surface area contributed by atoms with Crippen molar-refractivity contribution >= 4 is 5.97 Å². The Balaban J connectivity index is 1.74. The molecule has 7 N–H and O–H groups in total. The molecule has 0 radical (unpaired) electrons. The maximum atomic E-state index is 13.0. The van der Waals surface area contributed by atoms with E-state index in [4.69, 9.17) is 28.4 Å². The fourth-order valence-corrected chi connectivity index (χ4v) is 8.99. The Morgan fingerprint density at radius 3 is 1.34 bits per heavy atom.